The van der Waals surface area contributed by atoms with Crippen molar-refractivity contribution in [1.29, 1.82) is 0 Å². The molecule has 1 aliphatic heterocycles. The van der Waals surface area contributed by atoms with Crippen molar-refractivity contribution < 1.29 is 18.7 Å². The predicted molar refractivity (Wildman–Crippen MR) is 117 cm³/mol. The van der Waals surface area contributed by atoms with Crippen molar-refractivity contribution in [2.75, 3.05) is 12.0 Å². The quantitative estimate of drug-likeness (QED) is 0.643. The van der Waals surface area contributed by atoms with Gasteiger partial charge in [-0.25, -0.2) is 4.39 Å². The van der Waals surface area contributed by atoms with Crippen molar-refractivity contribution in [3.8, 4) is 5.75 Å². The molecule has 1 unspecified atom stereocenters. The number of halogens is 2. The number of anilines is 1. The summed E-state index contributed by atoms with van der Waals surface area (Å²) in [5.41, 5.74) is 2.06. The molecule has 0 bridgehead atoms. The van der Waals surface area contributed by atoms with Gasteiger partial charge in [0.1, 0.15) is 17.6 Å². The molecule has 7 heteroatoms. The summed E-state index contributed by atoms with van der Waals surface area (Å²) < 4.78 is 19.1. The standard InChI is InChI=1S/C24H20ClFN2O3/c1-31-18-9-6-15(7-10-18)14-28-22-11-8-17(26)13-19(22)23(29)27-21(24(28)30)12-16-4-2-3-5-20(16)25/h2-11,13,21H,12,14H2,1H3,(H,27,29). The average Bonchev–Trinajstić information content (AvgIpc) is 2.86. The first kappa shape index (κ1) is 20.9. The maximum absolute atomic E-state index is 13.9. The van der Waals surface area contributed by atoms with E-state index < -0.39 is 17.8 Å². The highest BCUT2D eigenvalue weighted by Gasteiger charge is 2.34. The molecule has 1 heterocycles. The lowest BCUT2D eigenvalue weighted by Gasteiger charge is -2.26. The van der Waals surface area contributed by atoms with Gasteiger partial charge in [0.25, 0.3) is 5.91 Å². The molecule has 0 fully saturated rings. The van der Waals surface area contributed by atoms with Crippen molar-refractivity contribution in [3.05, 3.63) is 94.3 Å². The molecule has 3 aromatic rings. The molecular formula is C24H20ClFN2O3. The van der Waals surface area contributed by atoms with E-state index >= 15 is 0 Å². The number of hydrogen-bond donors (Lipinski definition) is 1. The number of methoxy groups -OCH3 is 1. The van der Waals surface area contributed by atoms with Crippen molar-refractivity contribution in [1.82, 2.24) is 5.32 Å². The number of carbonyl (C=O) groups is 2. The van der Waals surface area contributed by atoms with E-state index in [0.29, 0.717) is 16.5 Å². The van der Waals surface area contributed by atoms with Gasteiger partial charge in [0.2, 0.25) is 5.91 Å². The van der Waals surface area contributed by atoms with Crippen LogP contribution in [0.5, 0.6) is 5.75 Å². The highest BCUT2D eigenvalue weighted by Crippen LogP contribution is 2.29. The summed E-state index contributed by atoms with van der Waals surface area (Å²) in [7, 11) is 1.58. The van der Waals surface area contributed by atoms with Crippen LogP contribution in [-0.4, -0.2) is 25.0 Å². The molecule has 5 nitrogen and oxygen atoms in total. The van der Waals surface area contributed by atoms with Crippen molar-refractivity contribution in [2.24, 2.45) is 0 Å². The Hall–Kier alpha value is -3.38. The summed E-state index contributed by atoms with van der Waals surface area (Å²) in [6, 6.07) is 17.5. The van der Waals surface area contributed by atoms with Crippen LogP contribution in [0.1, 0.15) is 21.5 Å². The Morgan fingerprint density at radius 3 is 2.52 bits per heavy atom. The zero-order chi connectivity index (χ0) is 22.0. The van der Waals surface area contributed by atoms with Crippen molar-refractivity contribution in [2.45, 2.75) is 19.0 Å². The normalized spacial score (nSPS) is 15.8. The minimum absolute atomic E-state index is 0.114. The van der Waals surface area contributed by atoms with Crippen LogP contribution in [0, 0.1) is 5.82 Å². The van der Waals surface area contributed by atoms with Gasteiger partial charge in [0, 0.05) is 11.4 Å². The summed E-state index contributed by atoms with van der Waals surface area (Å²) in [4.78, 5) is 27.9. The van der Waals surface area contributed by atoms with Gasteiger partial charge in [-0.2, -0.15) is 0 Å². The Morgan fingerprint density at radius 2 is 1.81 bits per heavy atom. The van der Waals surface area contributed by atoms with Gasteiger partial charge in [0.05, 0.1) is 24.9 Å². The second kappa shape index (κ2) is 8.78. The van der Waals surface area contributed by atoms with Crippen molar-refractivity contribution in [3.63, 3.8) is 0 Å². The predicted octanol–water partition coefficient (Wildman–Crippen LogP) is 4.38. The van der Waals surface area contributed by atoms with Crippen LogP contribution in [0.3, 0.4) is 0 Å². The maximum atomic E-state index is 13.9. The first-order chi connectivity index (χ1) is 15.0. The van der Waals surface area contributed by atoms with E-state index in [0.717, 1.165) is 17.2 Å². The zero-order valence-corrected chi connectivity index (χ0v) is 17.5. The van der Waals surface area contributed by atoms with Gasteiger partial charge in [-0.1, -0.05) is 41.9 Å². The van der Waals surface area contributed by atoms with E-state index in [1.165, 1.54) is 17.0 Å². The van der Waals surface area contributed by atoms with Crippen LogP contribution in [0.2, 0.25) is 5.02 Å². The number of ether oxygens (including phenoxy) is 1. The lowest BCUT2D eigenvalue weighted by molar-refractivity contribution is -0.120. The van der Waals surface area contributed by atoms with E-state index in [4.69, 9.17) is 16.3 Å². The van der Waals surface area contributed by atoms with Gasteiger partial charge >= 0.3 is 0 Å². The number of fused-ring (bicyclic) bond motifs is 1. The Balaban J connectivity index is 1.72. The molecule has 0 aromatic heterocycles. The lowest BCUT2D eigenvalue weighted by atomic mass is 10.0. The van der Waals surface area contributed by atoms with Crippen LogP contribution < -0.4 is 15.0 Å². The Bertz CT molecular complexity index is 1130. The van der Waals surface area contributed by atoms with Crippen molar-refractivity contribution >= 4 is 29.1 Å². The monoisotopic (exact) mass is 438 g/mol. The molecule has 0 spiro atoms. The molecule has 1 aliphatic rings. The second-order valence-electron chi connectivity index (χ2n) is 7.26. The molecule has 1 atom stereocenters. The molecule has 4 rings (SSSR count). The minimum Gasteiger partial charge on any atom is -0.497 e. The SMILES string of the molecule is COc1ccc(CN2C(=O)C(Cc3ccccc3Cl)NC(=O)c3cc(F)ccc32)cc1. The summed E-state index contributed by atoms with van der Waals surface area (Å²) in [6.45, 7) is 0.218. The summed E-state index contributed by atoms with van der Waals surface area (Å²) in [6.07, 6.45) is 0.222. The molecule has 0 saturated heterocycles. The summed E-state index contributed by atoms with van der Waals surface area (Å²) >= 11 is 6.27. The third-order valence-electron chi connectivity index (χ3n) is 5.25. The average molecular weight is 439 g/mol. The molecule has 0 aliphatic carbocycles. The molecular weight excluding hydrogens is 419 g/mol. The summed E-state index contributed by atoms with van der Waals surface area (Å²) in [5, 5.41) is 3.26. The van der Waals surface area contributed by atoms with E-state index in [9.17, 15) is 14.0 Å². The Labute approximate surface area is 184 Å². The molecule has 3 aromatic carbocycles. The Morgan fingerprint density at radius 1 is 1.06 bits per heavy atom. The molecule has 158 valence electrons. The number of nitrogens with zero attached hydrogens (tertiary/aromatic N) is 1. The smallest absolute Gasteiger partial charge is 0.254 e. The molecule has 0 radical (unpaired) electrons. The van der Waals surface area contributed by atoms with Gasteiger partial charge in [-0.15, -0.1) is 0 Å². The number of benzene rings is 3. The fourth-order valence-electron chi connectivity index (χ4n) is 3.63. The first-order valence-corrected chi connectivity index (χ1v) is 10.1. The topological polar surface area (TPSA) is 58.6 Å². The fraction of sp³-hybridized carbons (Fsp3) is 0.167. The van der Waals surface area contributed by atoms with E-state index in [1.807, 2.05) is 24.3 Å². The first-order valence-electron chi connectivity index (χ1n) is 9.74. The lowest BCUT2D eigenvalue weighted by Crippen LogP contribution is -2.47. The molecule has 31 heavy (non-hydrogen) atoms. The minimum atomic E-state index is -0.846. The number of hydrogen-bond acceptors (Lipinski definition) is 3. The van der Waals surface area contributed by atoms with E-state index in [1.54, 1.807) is 31.4 Å². The maximum Gasteiger partial charge on any atom is 0.254 e. The molecule has 2 amide bonds. The van der Waals surface area contributed by atoms with Gasteiger partial charge in [-0.05, 0) is 47.5 Å². The van der Waals surface area contributed by atoms with Crippen LogP contribution in [0.15, 0.2) is 66.7 Å². The third-order valence-corrected chi connectivity index (χ3v) is 5.61. The number of rotatable bonds is 5. The van der Waals surface area contributed by atoms with Gasteiger partial charge in [0.15, 0.2) is 0 Å². The van der Waals surface area contributed by atoms with Gasteiger partial charge < -0.3 is 15.0 Å². The highest BCUT2D eigenvalue weighted by atomic mass is 35.5. The zero-order valence-electron chi connectivity index (χ0n) is 16.8. The van der Waals surface area contributed by atoms with Crippen LogP contribution in [-0.2, 0) is 17.8 Å². The number of nitrogens with one attached hydrogen (secondary N) is 1. The fourth-order valence-corrected chi connectivity index (χ4v) is 3.84. The Kier molecular flexibility index (Phi) is 5.91. The third kappa shape index (κ3) is 4.39. The summed E-state index contributed by atoms with van der Waals surface area (Å²) in [5.74, 6) is -0.649. The highest BCUT2D eigenvalue weighted by molar-refractivity contribution is 6.31. The van der Waals surface area contributed by atoms with Gasteiger partial charge in [-0.3, -0.25) is 9.59 Å². The number of amides is 2. The molecule has 1 N–H and O–H groups in total. The van der Waals surface area contributed by atoms with E-state index in [2.05, 4.69) is 5.32 Å². The van der Waals surface area contributed by atoms with E-state index in [-0.39, 0.29) is 24.4 Å². The van der Waals surface area contributed by atoms with Crippen LogP contribution in [0.25, 0.3) is 0 Å². The second-order valence-corrected chi connectivity index (χ2v) is 7.66. The number of carbonyl (C=O) groups excluding carboxylic acids is 2. The molecule has 0 saturated carbocycles. The largest absolute Gasteiger partial charge is 0.497 e. The van der Waals surface area contributed by atoms with Crippen LogP contribution >= 0.6 is 11.6 Å². The van der Waals surface area contributed by atoms with Crippen LogP contribution in [0.4, 0.5) is 10.1 Å².